The number of hydrogen-bond acceptors (Lipinski definition) is 2. The van der Waals surface area contributed by atoms with Crippen molar-refractivity contribution in [1.82, 2.24) is 0 Å². The van der Waals surface area contributed by atoms with Gasteiger partial charge in [0.1, 0.15) is 5.75 Å². The second kappa shape index (κ2) is 6.27. The summed E-state index contributed by atoms with van der Waals surface area (Å²) in [6, 6.07) is 5.93. The zero-order valence-corrected chi connectivity index (χ0v) is 13.8. The van der Waals surface area contributed by atoms with Gasteiger partial charge in [0, 0.05) is 0 Å². The average molecular weight is 304 g/mol. The molecule has 20 heavy (non-hydrogen) atoms. The summed E-state index contributed by atoms with van der Waals surface area (Å²) in [6.45, 7) is 12.9. The lowest BCUT2D eigenvalue weighted by atomic mass is 9.80. The third-order valence-corrected chi connectivity index (χ3v) is 2.67. The maximum Gasteiger partial charge on any atom is 0.466 e. The lowest BCUT2D eigenvalue weighted by Crippen LogP contribution is -2.16. The molecule has 0 aliphatic carbocycles. The largest absolute Gasteiger partial charge is 0.508 e. The molecular weight excluding hydrogens is 279 g/mol. The van der Waals surface area contributed by atoms with E-state index < -0.39 is 7.82 Å². The summed E-state index contributed by atoms with van der Waals surface area (Å²) >= 11 is 0. The highest BCUT2D eigenvalue weighted by Gasteiger charge is 2.21. The van der Waals surface area contributed by atoms with Crippen molar-refractivity contribution in [3.05, 3.63) is 29.3 Å². The molecule has 116 valence electrons. The molecule has 5 nitrogen and oxygen atoms in total. The van der Waals surface area contributed by atoms with Gasteiger partial charge in [-0.05, 0) is 28.0 Å². The standard InChI is InChI=1S/C14H22O.H3O4P/c1-13(2,3)10-7-8-12(15)11(9-10)14(4,5)6;1-5(2,3)4/h7-9,15H,1-6H3;(H3,1,2,3,4). The van der Waals surface area contributed by atoms with Gasteiger partial charge >= 0.3 is 7.82 Å². The van der Waals surface area contributed by atoms with Gasteiger partial charge in [-0.25, -0.2) is 4.57 Å². The summed E-state index contributed by atoms with van der Waals surface area (Å²) in [6.07, 6.45) is 0. The molecule has 0 heterocycles. The minimum Gasteiger partial charge on any atom is -0.508 e. The van der Waals surface area contributed by atoms with E-state index in [1.165, 1.54) is 5.56 Å². The van der Waals surface area contributed by atoms with Crippen LogP contribution in [0.15, 0.2) is 18.2 Å². The molecule has 0 bridgehead atoms. The van der Waals surface area contributed by atoms with Gasteiger partial charge in [-0.3, -0.25) is 0 Å². The average Bonchev–Trinajstić information content (AvgIpc) is 2.11. The highest BCUT2D eigenvalue weighted by atomic mass is 31.2. The number of phenolic OH excluding ortho intramolecular Hbond substituents is 1. The van der Waals surface area contributed by atoms with Crippen LogP contribution >= 0.6 is 7.82 Å². The summed E-state index contributed by atoms with van der Waals surface area (Å²) < 4.78 is 8.88. The third-order valence-electron chi connectivity index (χ3n) is 2.67. The first-order valence-corrected chi connectivity index (χ1v) is 7.81. The number of phosphoric acid groups is 1. The molecule has 1 aromatic carbocycles. The van der Waals surface area contributed by atoms with E-state index in [-0.39, 0.29) is 10.8 Å². The molecule has 0 atom stereocenters. The molecule has 0 radical (unpaired) electrons. The van der Waals surface area contributed by atoms with Crippen molar-refractivity contribution in [3.63, 3.8) is 0 Å². The number of hydrogen-bond donors (Lipinski definition) is 4. The Morgan fingerprint density at radius 3 is 1.60 bits per heavy atom. The normalized spacial score (nSPS) is 12.7. The molecule has 0 spiro atoms. The molecule has 0 fully saturated rings. The van der Waals surface area contributed by atoms with Crippen LogP contribution < -0.4 is 0 Å². The van der Waals surface area contributed by atoms with Gasteiger partial charge < -0.3 is 19.8 Å². The molecule has 0 aliphatic heterocycles. The van der Waals surface area contributed by atoms with Crippen LogP contribution in [-0.4, -0.2) is 19.8 Å². The topological polar surface area (TPSA) is 98.0 Å². The Balaban J connectivity index is 0.000000621. The Morgan fingerprint density at radius 2 is 1.30 bits per heavy atom. The lowest BCUT2D eigenvalue weighted by molar-refractivity contribution is 0.275. The number of rotatable bonds is 0. The van der Waals surface area contributed by atoms with Crippen LogP contribution in [0, 0.1) is 0 Å². The van der Waals surface area contributed by atoms with Crippen molar-refractivity contribution in [2.45, 2.75) is 52.4 Å². The molecule has 0 saturated heterocycles. The van der Waals surface area contributed by atoms with Crippen molar-refractivity contribution in [2.75, 3.05) is 0 Å². The van der Waals surface area contributed by atoms with Crippen LogP contribution in [0.25, 0.3) is 0 Å². The van der Waals surface area contributed by atoms with Crippen LogP contribution in [0.1, 0.15) is 52.7 Å². The number of benzene rings is 1. The summed E-state index contributed by atoms with van der Waals surface area (Å²) in [5.41, 5.74) is 2.42. The smallest absolute Gasteiger partial charge is 0.466 e. The quantitative estimate of drug-likeness (QED) is 0.552. The molecule has 0 saturated carbocycles. The predicted molar refractivity (Wildman–Crippen MR) is 79.8 cm³/mol. The lowest BCUT2D eigenvalue weighted by Gasteiger charge is -2.25. The number of phenols is 1. The Kier molecular flexibility index (Phi) is 6.00. The van der Waals surface area contributed by atoms with Gasteiger partial charge in [-0.1, -0.05) is 53.7 Å². The minimum absolute atomic E-state index is 0.00859. The van der Waals surface area contributed by atoms with E-state index in [1.54, 1.807) is 6.07 Å². The van der Waals surface area contributed by atoms with E-state index in [9.17, 15) is 5.11 Å². The van der Waals surface area contributed by atoms with Crippen LogP contribution in [0.3, 0.4) is 0 Å². The highest BCUT2D eigenvalue weighted by molar-refractivity contribution is 7.45. The predicted octanol–water partition coefficient (Wildman–Crippen LogP) is 3.06. The Morgan fingerprint density at radius 1 is 0.900 bits per heavy atom. The molecule has 1 rings (SSSR count). The summed E-state index contributed by atoms with van der Waals surface area (Å²) in [7, 11) is -4.64. The molecule has 4 N–H and O–H groups in total. The Hall–Kier alpha value is -0.870. The summed E-state index contributed by atoms with van der Waals surface area (Å²) in [5.74, 6) is 0.399. The molecule has 0 unspecified atom stereocenters. The number of aromatic hydroxyl groups is 1. The second-order valence-electron chi connectivity index (χ2n) is 6.75. The van der Waals surface area contributed by atoms with E-state index in [1.807, 2.05) is 6.07 Å². The molecule has 0 aromatic heterocycles. The minimum atomic E-state index is -4.64. The van der Waals surface area contributed by atoms with Gasteiger partial charge in [0.25, 0.3) is 0 Å². The zero-order chi connectivity index (χ0) is 16.4. The van der Waals surface area contributed by atoms with Gasteiger partial charge in [-0.2, -0.15) is 0 Å². The fraction of sp³-hybridized carbons (Fsp3) is 0.571. The zero-order valence-electron chi connectivity index (χ0n) is 12.9. The van der Waals surface area contributed by atoms with Gasteiger partial charge in [-0.15, -0.1) is 0 Å². The van der Waals surface area contributed by atoms with Crippen LogP contribution in [0.4, 0.5) is 0 Å². The maximum absolute atomic E-state index is 9.84. The third kappa shape index (κ3) is 7.65. The first-order chi connectivity index (χ1) is 8.62. The van der Waals surface area contributed by atoms with Crippen molar-refractivity contribution >= 4 is 7.82 Å². The molecule has 0 amide bonds. The van der Waals surface area contributed by atoms with E-state index in [2.05, 4.69) is 47.6 Å². The van der Waals surface area contributed by atoms with E-state index in [4.69, 9.17) is 19.2 Å². The summed E-state index contributed by atoms with van der Waals surface area (Å²) in [4.78, 5) is 21.6. The maximum atomic E-state index is 9.84. The Bertz CT molecular complexity index is 483. The van der Waals surface area contributed by atoms with Crippen molar-refractivity contribution < 1.29 is 24.4 Å². The first kappa shape index (κ1) is 19.1. The van der Waals surface area contributed by atoms with Crippen molar-refractivity contribution in [1.29, 1.82) is 0 Å². The second-order valence-corrected chi connectivity index (χ2v) is 7.77. The van der Waals surface area contributed by atoms with Crippen molar-refractivity contribution in [3.8, 4) is 5.75 Å². The SMILES string of the molecule is CC(C)(C)c1ccc(O)c(C(C)(C)C)c1.O=P(O)(O)O. The molecular formula is C14H25O5P. The molecule has 6 heteroatoms. The van der Waals surface area contributed by atoms with E-state index >= 15 is 0 Å². The Labute approximate surface area is 120 Å². The first-order valence-electron chi connectivity index (χ1n) is 6.24. The monoisotopic (exact) mass is 304 g/mol. The van der Waals surface area contributed by atoms with Crippen molar-refractivity contribution in [2.24, 2.45) is 0 Å². The van der Waals surface area contributed by atoms with Gasteiger partial charge in [0.15, 0.2) is 0 Å². The molecule has 1 aromatic rings. The van der Waals surface area contributed by atoms with Crippen LogP contribution in [-0.2, 0) is 15.4 Å². The highest BCUT2D eigenvalue weighted by Crippen LogP contribution is 2.34. The summed E-state index contributed by atoms with van der Waals surface area (Å²) in [5, 5.41) is 9.84. The van der Waals surface area contributed by atoms with E-state index in [0.29, 0.717) is 5.75 Å². The van der Waals surface area contributed by atoms with Crippen LogP contribution in [0.2, 0.25) is 0 Å². The van der Waals surface area contributed by atoms with Crippen LogP contribution in [0.5, 0.6) is 5.75 Å². The van der Waals surface area contributed by atoms with Gasteiger partial charge in [0.2, 0.25) is 0 Å². The molecule has 0 aliphatic rings. The van der Waals surface area contributed by atoms with E-state index in [0.717, 1.165) is 5.56 Å². The fourth-order valence-electron chi connectivity index (χ4n) is 1.60. The fourth-order valence-corrected chi connectivity index (χ4v) is 1.60. The van der Waals surface area contributed by atoms with Gasteiger partial charge in [0.05, 0.1) is 0 Å².